The summed E-state index contributed by atoms with van der Waals surface area (Å²) >= 11 is 6.28. The summed E-state index contributed by atoms with van der Waals surface area (Å²) in [6, 6.07) is 3.67. The van der Waals surface area contributed by atoms with Crippen LogP contribution in [0.4, 0.5) is 9.18 Å². The van der Waals surface area contributed by atoms with Gasteiger partial charge in [0, 0.05) is 31.1 Å². The Hall–Kier alpha value is -1.82. The van der Waals surface area contributed by atoms with Crippen molar-refractivity contribution >= 4 is 23.5 Å². The first-order chi connectivity index (χ1) is 13.4. The fourth-order valence-corrected chi connectivity index (χ4v) is 3.84. The molecule has 0 radical (unpaired) electrons. The van der Waals surface area contributed by atoms with E-state index in [0.717, 1.165) is 38.5 Å². The number of carbonyl (C=O) groups is 2. The van der Waals surface area contributed by atoms with Crippen LogP contribution in [0.1, 0.15) is 70.4 Å². The summed E-state index contributed by atoms with van der Waals surface area (Å²) in [6.07, 6.45) is 6.42. The molecule has 156 valence electrons. The number of urea groups is 1. The second-order valence-electron chi connectivity index (χ2n) is 7.47. The van der Waals surface area contributed by atoms with Gasteiger partial charge in [0.1, 0.15) is 5.82 Å². The predicted octanol–water partition coefficient (Wildman–Crippen LogP) is 4.80. The van der Waals surface area contributed by atoms with E-state index in [-0.39, 0.29) is 29.8 Å². The lowest BCUT2D eigenvalue weighted by molar-refractivity contribution is -0.129. The number of halogens is 2. The van der Waals surface area contributed by atoms with Gasteiger partial charge < -0.3 is 15.5 Å². The number of likely N-dealkylation sites (tertiary alicyclic amines) is 1. The minimum atomic E-state index is -0.364. The van der Waals surface area contributed by atoms with Crippen molar-refractivity contribution in [1.29, 1.82) is 0 Å². The standard InChI is InChI=1S/C21H31ClFN3O2/c1-3-4-5-6-7-20(18-14-16(23)8-9-19(18)22)25-21(28)24-17-10-12-26(13-11-17)15(2)27/h8-9,14,17,20H,3-7,10-13H2,1-2H3,(H2,24,25,28). The average molecular weight is 412 g/mol. The number of carbonyl (C=O) groups excluding carboxylic acids is 2. The van der Waals surface area contributed by atoms with E-state index in [0.29, 0.717) is 30.1 Å². The van der Waals surface area contributed by atoms with Gasteiger partial charge in [0.05, 0.1) is 6.04 Å². The predicted molar refractivity (Wildman–Crippen MR) is 110 cm³/mol. The first-order valence-electron chi connectivity index (χ1n) is 10.2. The van der Waals surface area contributed by atoms with Crippen LogP contribution in [-0.2, 0) is 4.79 Å². The fraction of sp³-hybridized carbons (Fsp3) is 0.619. The second-order valence-corrected chi connectivity index (χ2v) is 7.87. The van der Waals surface area contributed by atoms with E-state index in [1.54, 1.807) is 11.8 Å². The quantitative estimate of drug-likeness (QED) is 0.603. The lowest BCUT2D eigenvalue weighted by Gasteiger charge is -2.32. The van der Waals surface area contributed by atoms with Crippen LogP contribution in [0, 0.1) is 5.82 Å². The van der Waals surface area contributed by atoms with Crippen LogP contribution < -0.4 is 10.6 Å². The highest BCUT2D eigenvalue weighted by atomic mass is 35.5. The zero-order valence-electron chi connectivity index (χ0n) is 16.8. The van der Waals surface area contributed by atoms with Crippen molar-refractivity contribution in [2.75, 3.05) is 13.1 Å². The van der Waals surface area contributed by atoms with Crippen molar-refractivity contribution in [2.45, 2.75) is 70.9 Å². The number of nitrogens with one attached hydrogen (secondary N) is 2. The van der Waals surface area contributed by atoms with Gasteiger partial charge in [0.2, 0.25) is 5.91 Å². The number of rotatable bonds is 8. The zero-order valence-corrected chi connectivity index (χ0v) is 17.5. The molecule has 2 rings (SSSR count). The number of unbranched alkanes of at least 4 members (excludes halogenated alkanes) is 3. The Balaban J connectivity index is 1.96. The molecule has 1 aromatic rings. The SMILES string of the molecule is CCCCCCC(NC(=O)NC1CCN(C(C)=O)CC1)c1cc(F)ccc1Cl. The van der Waals surface area contributed by atoms with E-state index < -0.39 is 0 Å². The summed E-state index contributed by atoms with van der Waals surface area (Å²) in [5, 5.41) is 6.42. The molecular formula is C21H31ClFN3O2. The summed E-state index contributed by atoms with van der Waals surface area (Å²) < 4.78 is 13.7. The average Bonchev–Trinajstić information content (AvgIpc) is 2.66. The molecule has 1 fully saturated rings. The Kier molecular flexibility index (Phi) is 9.03. The molecule has 0 aliphatic carbocycles. The largest absolute Gasteiger partial charge is 0.343 e. The van der Waals surface area contributed by atoms with Gasteiger partial charge in [0.15, 0.2) is 0 Å². The molecule has 1 aliphatic rings. The maximum absolute atomic E-state index is 13.7. The van der Waals surface area contributed by atoms with E-state index in [1.165, 1.54) is 18.2 Å². The van der Waals surface area contributed by atoms with Crippen LogP contribution in [0.2, 0.25) is 5.02 Å². The van der Waals surface area contributed by atoms with Gasteiger partial charge in [-0.1, -0.05) is 44.2 Å². The molecule has 0 saturated carbocycles. The number of hydrogen-bond acceptors (Lipinski definition) is 2. The molecule has 7 heteroatoms. The van der Waals surface area contributed by atoms with Crippen molar-refractivity contribution in [2.24, 2.45) is 0 Å². The van der Waals surface area contributed by atoms with E-state index in [4.69, 9.17) is 11.6 Å². The lowest BCUT2D eigenvalue weighted by atomic mass is 9.99. The van der Waals surface area contributed by atoms with Gasteiger partial charge in [-0.15, -0.1) is 0 Å². The third-order valence-electron chi connectivity index (χ3n) is 5.26. The van der Waals surface area contributed by atoms with Crippen LogP contribution in [0.5, 0.6) is 0 Å². The summed E-state index contributed by atoms with van der Waals surface area (Å²) in [7, 11) is 0. The summed E-state index contributed by atoms with van der Waals surface area (Å²) in [5.41, 5.74) is 0.611. The zero-order chi connectivity index (χ0) is 20.5. The Morgan fingerprint density at radius 3 is 2.61 bits per heavy atom. The highest BCUT2D eigenvalue weighted by Crippen LogP contribution is 2.28. The number of benzene rings is 1. The fourth-order valence-electron chi connectivity index (χ4n) is 3.59. The van der Waals surface area contributed by atoms with Crippen molar-refractivity contribution in [1.82, 2.24) is 15.5 Å². The molecule has 28 heavy (non-hydrogen) atoms. The molecule has 0 spiro atoms. The number of amides is 3. The summed E-state index contributed by atoms with van der Waals surface area (Å²) in [4.78, 5) is 25.8. The van der Waals surface area contributed by atoms with Gasteiger partial charge in [-0.2, -0.15) is 0 Å². The summed E-state index contributed by atoms with van der Waals surface area (Å²) in [5.74, 6) is -0.299. The minimum Gasteiger partial charge on any atom is -0.343 e. The molecule has 1 aliphatic heterocycles. The third kappa shape index (κ3) is 6.97. The lowest BCUT2D eigenvalue weighted by Crippen LogP contribution is -2.49. The van der Waals surface area contributed by atoms with Crippen LogP contribution >= 0.6 is 11.6 Å². The number of nitrogens with zero attached hydrogens (tertiary/aromatic N) is 1. The topological polar surface area (TPSA) is 61.4 Å². The normalized spacial score (nSPS) is 15.9. The highest BCUT2D eigenvalue weighted by molar-refractivity contribution is 6.31. The molecular weight excluding hydrogens is 381 g/mol. The first-order valence-corrected chi connectivity index (χ1v) is 10.6. The second kappa shape index (κ2) is 11.2. The van der Waals surface area contributed by atoms with Crippen LogP contribution in [0.15, 0.2) is 18.2 Å². The molecule has 5 nitrogen and oxygen atoms in total. The number of piperidine rings is 1. The molecule has 0 bridgehead atoms. The molecule has 3 amide bonds. The van der Waals surface area contributed by atoms with Crippen molar-refractivity contribution in [3.8, 4) is 0 Å². The van der Waals surface area contributed by atoms with Crippen molar-refractivity contribution < 1.29 is 14.0 Å². The van der Waals surface area contributed by atoms with Crippen molar-refractivity contribution in [3.05, 3.63) is 34.6 Å². The van der Waals surface area contributed by atoms with E-state index >= 15 is 0 Å². The van der Waals surface area contributed by atoms with Gasteiger partial charge in [0.25, 0.3) is 0 Å². The Morgan fingerprint density at radius 1 is 1.25 bits per heavy atom. The Bertz CT molecular complexity index is 663. The molecule has 1 atom stereocenters. The molecule has 1 heterocycles. The molecule has 1 saturated heterocycles. The Labute approximate surface area is 172 Å². The summed E-state index contributed by atoms with van der Waals surface area (Å²) in [6.45, 7) is 5.00. The molecule has 1 unspecified atom stereocenters. The molecule has 2 N–H and O–H groups in total. The maximum atomic E-state index is 13.7. The van der Waals surface area contributed by atoms with E-state index in [2.05, 4.69) is 17.6 Å². The van der Waals surface area contributed by atoms with E-state index in [9.17, 15) is 14.0 Å². The monoisotopic (exact) mass is 411 g/mol. The molecule has 1 aromatic carbocycles. The smallest absolute Gasteiger partial charge is 0.315 e. The van der Waals surface area contributed by atoms with Crippen molar-refractivity contribution in [3.63, 3.8) is 0 Å². The first kappa shape index (κ1) is 22.5. The van der Waals surface area contributed by atoms with Gasteiger partial charge in [-0.25, -0.2) is 9.18 Å². The van der Waals surface area contributed by atoms with Crippen LogP contribution in [0.3, 0.4) is 0 Å². The highest BCUT2D eigenvalue weighted by Gasteiger charge is 2.24. The van der Waals surface area contributed by atoms with E-state index in [1.807, 2.05) is 0 Å². The van der Waals surface area contributed by atoms with Gasteiger partial charge >= 0.3 is 6.03 Å². The van der Waals surface area contributed by atoms with Crippen LogP contribution in [0.25, 0.3) is 0 Å². The number of hydrogen-bond donors (Lipinski definition) is 2. The maximum Gasteiger partial charge on any atom is 0.315 e. The van der Waals surface area contributed by atoms with Gasteiger partial charge in [-0.05, 0) is 43.0 Å². The molecule has 0 aromatic heterocycles. The Morgan fingerprint density at radius 2 is 1.96 bits per heavy atom. The third-order valence-corrected chi connectivity index (χ3v) is 5.60. The van der Waals surface area contributed by atoms with Gasteiger partial charge in [-0.3, -0.25) is 4.79 Å². The minimum absolute atomic E-state index is 0.0272. The van der Waals surface area contributed by atoms with Crippen LogP contribution in [-0.4, -0.2) is 36.0 Å².